The van der Waals surface area contributed by atoms with E-state index in [9.17, 15) is 4.79 Å². The minimum Gasteiger partial charge on any atom is -0.350 e. The number of halogens is 1. The van der Waals surface area contributed by atoms with Gasteiger partial charge in [-0.1, -0.05) is 18.2 Å². The van der Waals surface area contributed by atoms with Crippen molar-refractivity contribution in [2.75, 3.05) is 6.54 Å². The van der Waals surface area contributed by atoms with Gasteiger partial charge in [-0.15, -0.1) is 0 Å². The first-order chi connectivity index (χ1) is 4.54. The van der Waals surface area contributed by atoms with E-state index in [1.807, 2.05) is 0 Å². The van der Waals surface area contributed by atoms with Crippen molar-refractivity contribution in [3.8, 4) is 0 Å². The third kappa shape index (κ3) is 4.70. The minimum atomic E-state index is -0.295. The van der Waals surface area contributed by atoms with E-state index in [2.05, 4.69) is 24.5 Å². The van der Waals surface area contributed by atoms with Gasteiger partial charge in [0.15, 0.2) is 0 Å². The van der Waals surface area contributed by atoms with Gasteiger partial charge in [0.05, 0.1) is 11.8 Å². The molecule has 1 N–H and O–H groups in total. The van der Waals surface area contributed by atoms with Crippen LogP contribution in [0.15, 0.2) is 11.6 Å². The molecule has 0 bridgehead atoms. The van der Waals surface area contributed by atoms with Crippen LogP contribution in [0.25, 0.3) is 0 Å². The summed E-state index contributed by atoms with van der Waals surface area (Å²) in [5, 5.41) is 2.66. The topological polar surface area (TPSA) is 29.1 Å². The van der Waals surface area contributed by atoms with Crippen LogP contribution < -0.4 is 5.32 Å². The highest BCUT2D eigenvalue weighted by Crippen LogP contribution is 1.95. The van der Waals surface area contributed by atoms with Crippen molar-refractivity contribution in [1.29, 1.82) is 0 Å². The highest BCUT2D eigenvalue weighted by Gasteiger charge is 2.05. The third-order valence-electron chi connectivity index (χ3n) is 0.834. The molecule has 0 saturated heterocycles. The summed E-state index contributed by atoms with van der Waals surface area (Å²) in [5.41, 5.74) is 0. The highest BCUT2D eigenvalue weighted by molar-refractivity contribution is 7.81. The summed E-state index contributed by atoms with van der Waals surface area (Å²) in [6.07, 6.45) is 0. The summed E-state index contributed by atoms with van der Waals surface area (Å²) in [6.45, 7) is 5.41. The molecule has 0 aliphatic rings. The number of hydrogen-bond donors (Lipinski definition) is 2. The van der Waals surface area contributed by atoms with Gasteiger partial charge in [0.1, 0.15) is 0 Å². The fourth-order valence-corrected chi connectivity index (χ4v) is 0.489. The molecule has 0 aromatic carbocycles. The van der Waals surface area contributed by atoms with Crippen molar-refractivity contribution in [2.24, 2.45) is 0 Å². The van der Waals surface area contributed by atoms with E-state index in [-0.39, 0.29) is 11.2 Å². The highest BCUT2D eigenvalue weighted by atomic mass is 35.5. The lowest BCUT2D eigenvalue weighted by Gasteiger charge is -2.04. The van der Waals surface area contributed by atoms with E-state index < -0.39 is 0 Å². The average Bonchev–Trinajstić information content (AvgIpc) is 1.82. The predicted octanol–water partition coefficient (Wildman–Crippen LogP) is 1.17. The molecular weight excluding hydrogens is 170 g/mol. The van der Waals surface area contributed by atoms with Crippen molar-refractivity contribution in [3.05, 3.63) is 11.6 Å². The first kappa shape index (κ1) is 9.85. The van der Waals surface area contributed by atoms with Crippen molar-refractivity contribution < 1.29 is 4.79 Å². The van der Waals surface area contributed by atoms with Gasteiger partial charge < -0.3 is 5.32 Å². The first-order valence-corrected chi connectivity index (χ1v) is 3.72. The molecular formula is C6H10ClNOS. The van der Waals surface area contributed by atoms with Crippen LogP contribution in [0.5, 0.6) is 0 Å². The molecule has 58 valence electrons. The molecule has 0 saturated carbocycles. The van der Waals surface area contributed by atoms with Gasteiger partial charge in [0.25, 0.3) is 0 Å². The molecule has 2 nitrogen and oxygen atoms in total. The second-order valence-corrected chi connectivity index (χ2v) is 3.22. The summed E-state index contributed by atoms with van der Waals surface area (Å²) in [5.74, 6) is -0.134. The summed E-state index contributed by atoms with van der Waals surface area (Å²) in [4.78, 5) is 10.8. The Kier molecular flexibility index (Phi) is 4.56. The standard InChI is InChI=1S/C6H10ClNOS/c1-4(7)3-8-6(9)5(2)10/h5,10H,1,3H2,2H3,(H,8,9). The average molecular weight is 180 g/mol. The van der Waals surface area contributed by atoms with E-state index in [4.69, 9.17) is 11.6 Å². The van der Waals surface area contributed by atoms with Crippen LogP contribution in [-0.2, 0) is 4.79 Å². The lowest BCUT2D eigenvalue weighted by Crippen LogP contribution is -2.30. The van der Waals surface area contributed by atoms with Gasteiger partial charge in [-0.2, -0.15) is 12.6 Å². The third-order valence-corrected chi connectivity index (χ3v) is 1.20. The van der Waals surface area contributed by atoms with Crippen molar-refractivity contribution in [1.82, 2.24) is 5.32 Å². The number of rotatable bonds is 3. The van der Waals surface area contributed by atoms with Gasteiger partial charge in [0, 0.05) is 5.03 Å². The number of hydrogen-bond acceptors (Lipinski definition) is 2. The van der Waals surface area contributed by atoms with Crippen molar-refractivity contribution in [2.45, 2.75) is 12.2 Å². The van der Waals surface area contributed by atoms with Crippen LogP contribution in [-0.4, -0.2) is 17.7 Å². The monoisotopic (exact) mass is 179 g/mol. The molecule has 1 atom stereocenters. The molecule has 0 aliphatic heterocycles. The minimum absolute atomic E-state index is 0.134. The Balaban J connectivity index is 3.50. The number of amides is 1. The second-order valence-electron chi connectivity index (χ2n) is 1.91. The molecule has 0 rings (SSSR count). The summed E-state index contributed by atoms with van der Waals surface area (Å²) in [7, 11) is 0. The Morgan fingerprint density at radius 1 is 1.90 bits per heavy atom. The van der Waals surface area contributed by atoms with E-state index in [0.29, 0.717) is 11.6 Å². The normalized spacial score (nSPS) is 12.3. The zero-order chi connectivity index (χ0) is 8.15. The zero-order valence-corrected chi connectivity index (χ0v) is 7.38. The van der Waals surface area contributed by atoms with E-state index in [0.717, 1.165) is 0 Å². The smallest absolute Gasteiger partial charge is 0.232 e. The molecule has 10 heavy (non-hydrogen) atoms. The molecule has 0 spiro atoms. The number of thiol groups is 1. The molecule has 0 radical (unpaired) electrons. The Bertz CT molecular complexity index is 147. The van der Waals surface area contributed by atoms with Gasteiger partial charge in [-0.3, -0.25) is 4.79 Å². The zero-order valence-electron chi connectivity index (χ0n) is 5.72. The van der Waals surface area contributed by atoms with E-state index >= 15 is 0 Å². The van der Waals surface area contributed by atoms with Gasteiger partial charge >= 0.3 is 0 Å². The fourth-order valence-electron chi connectivity index (χ4n) is 0.331. The number of nitrogens with one attached hydrogen (secondary N) is 1. The Labute approximate surface area is 71.0 Å². The van der Waals surface area contributed by atoms with Crippen LogP contribution in [0, 0.1) is 0 Å². The van der Waals surface area contributed by atoms with Crippen LogP contribution >= 0.6 is 24.2 Å². The maximum atomic E-state index is 10.8. The summed E-state index contributed by atoms with van der Waals surface area (Å²) >= 11 is 9.30. The quantitative estimate of drug-likeness (QED) is 0.626. The van der Waals surface area contributed by atoms with Gasteiger partial charge in [0.2, 0.25) is 5.91 Å². The van der Waals surface area contributed by atoms with Crippen LogP contribution in [0.3, 0.4) is 0 Å². The first-order valence-electron chi connectivity index (χ1n) is 2.83. The maximum absolute atomic E-state index is 10.8. The Hall–Kier alpha value is -0.150. The molecule has 1 unspecified atom stereocenters. The molecule has 0 aromatic rings. The van der Waals surface area contributed by atoms with Crippen molar-refractivity contribution in [3.63, 3.8) is 0 Å². The molecule has 0 aromatic heterocycles. The lowest BCUT2D eigenvalue weighted by atomic mass is 10.4. The van der Waals surface area contributed by atoms with E-state index in [1.54, 1.807) is 6.92 Å². The van der Waals surface area contributed by atoms with E-state index in [1.165, 1.54) is 0 Å². The predicted molar refractivity (Wildman–Crippen MR) is 46.5 cm³/mol. The fraction of sp³-hybridized carbons (Fsp3) is 0.500. The molecule has 0 aliphatic carbocycles. The van der Waals surface area contributed by atoms with Gasteiger partial charge in [-0.25, -0.2) is 0 Å². The van der Waals surface area contributed by atoms with Crippen LogP contribution in [0.1, 0.15) is 6.92 Å². The lowest BCUT2D eigenvalue weighted by molar-refractivity contribution is -0.120. The Morgan fingerprint density at radius 2 is 2.40 bits per heavy atom. The summed E-state index contributed by atoms with van der Waals surface area (Å²) < 4.78 is 0. The van der Waals surface area contributed by atoms with Crippen LogP contribution in [0.2, 0.25) is 0 Å². The SMILES string of the molecule is C=C(Cl)CNC(=O)C(C)S. The Morgan fingerprint density at radius 3 is 2.70 bits per heavy atom. The second kappa shape index (κ2) is 4.63. The molecule has 4 heteroatoms. The largest absolute Gasteiger partial charge is 0.350 e. The van der Waals surface area contributed by atoms with Crippen LogP contribution in [0.4, 0.5) is 0 Å². The summed E-state index contributed by atoms with van der Waals surface area (Å²) in [6, 6.07) is 0. The molecule has 0 fully saturated rings. The molecule has 1 amide bonds. The maximum Gasteiger partial charge on any atom is 0.232 e. The van der Waals surface area contributed by atoms with Gasteiger partial charge in [-0.05, 0) is 6.92 Å². The van der Waals surface area contributed by atoms with Crippen molar-refractivity contribution >= 4 is 30.1 Å². The number of carbonyl (C=O) groups excluding carboxylic acids is 1. The number of carbonyl (C=O) groups is 1. The molecule has 0 heterocycles.